The minimum Gasteiger partial charge on any atom is -0.382 e. The Morgan fingerprint density at radius 3 is 2.69 bits per heavy atom. The van der Waals surface area contributed by atoms with Crippen LogP contribution in [0, 0.1) is 5.92 Å². The summed E-state index contributed by atoms with van der Waals surface area (Å²) in [7, 11) is 0. The van der Waals surface area contributed by atoms with Crippen molar-refractivity contribution in [2.75, 3.05) is 11.9 Å². The molecule has 0 aromatic carbocycles. The lowest BCUT2D eigenvalue weighted by Gasteiger charge is -2.22. The Bertz CT molecular complexity index is 313. The van der Waals surface area contributed by atoms with Gasteiger partial charge >= 0.3 is 0 Å². The number of hydrogen-bond donors (Lipinski definition) is 2. The van der Waals surface area contributed by atoms with Gasteiger partial charge in [-0.3, -0.25) is 4.98 Å². The largest absolute Gasteiger partial charge is 0.382 e. The predicted octanol–water partition coefficient (Wildman–Crippen LogP) is 2.91. The standard InChI is InChI=1S/C12H20ClN3/c1-3-9(4-2)11(14)8-16-12-5-6-15-7-10(12)13/h5-7,9,11H,3-4,8,14H2,1-2H3,(H,15,16). The van der Waals surface area contributed by atoms with E-state index >= 15 is 0 Å². The van der Waals surface area contributed by atoms with Gasteiger partial charge in [-0.15, -0.1) is 0 Å². The van der Waals surface area contributed by atoms with Crippen LogP contribution in [-0.2, 0) is 0 Å². The average molecular weight is 242 g/mol. The van der Waals surface area contributed by atoms with Gasteiger partial charge in [-0.1, -0.05) is 38.3 Å². The molecule has 0 saturated heterocycles. The zero-order valence-corrected chi connectivity index (χ0v) is 10.7. The smallest absolute Gasteiger partial charge is 0.0820 e. The summed E-state index contributed by atoms with van der Waals surface area (Å²) < 4.78 is 0. The number of nitrogens with one attached hydrogen (secondary N) is 1. The summed E-state index contributed by atoms with van der Waals surface area (Å²) in [6, 6.07) is 2.03. The Labute approximate surface area is 102 Å². The van der Waals surface area contributed by atoms with Gasteiger partial charge < -0.3 is 11.1 Å². The third kappa shape index (κ3) is 3.65. The molecular formula is C12H20ClN3. The molecule has 3 N–H and O–H groups in total. The van der Waals surface area contributed by atoms with E-state index in [1.165, 1.54) is 0 Å². The molecule has 0 aliphatic rings. The van der Waals surface area contributed by atoms with Crippen LogP contribution in [-0.4, -0.2) is 17.6 Å². The molecule has 1 atom stereocenters. The topological polar surface area (TPSA) is 50.9 Å². The van der Waals surface area contributed by atoms with Crippen molar-refractivity contribution in [3.05, 3.63) is 23.5 Å². The fraction of sp³-hybridized carbons (Fsp3) is 0.583. The van der Waals surface area contributed by atoms with Crippen molar-refractivity contribution in [1.29, 1.82) is 0 Å². The lowest BCUT2D eigenvalue weighted by Crippen LogP contribution is -2.36. The summed E-state index contributed by atoms with van der Waals surface area (Å²) in [6.45, 7) is 5.09. The molecule has 0 amide bonds. The lowest BCUT2D eigenvalue weighted by molar-refractivity contribution is 0.407. The van der Waals surface area contributed by atoms with Crippen molar-refractivity contribution >= 4 is 17.3 Å². The molecule has 0 saturated carbocycles. The van der Waals surface area contributed by atoms with E-state index in [1.54, 1.807) is 12.4 Å². The minimum absolute atomic E-state index is 0.166. The molecule has 0 radical (unpaired) electrons. The van der Waals surface area contributed by atoms with E-state index in [-0.39, 0.29) is 6.04 Å². The SMILES string of the molecule is CCC(CC)C(N)CNc1ccncc1Cl. The maximum atomic E-state index is 6.12. The molecule has 0 aliphatic heterocycles. The van der Waals surface area contributed by atoms with Gasteiger partial charge in [0.2, 0.25) is 0 Å². The highest BCUT2D eigenvalue weighted by molar-refractivity contribution is 6.33. The molecule has 16 heavy (non-hydrogen) atoms. The minimum atomic E-state index is 0.166. The first kappa shape index (κ1) is 13.3. The van der Waals surface area contributed by atoms with Crippen LogP contribution < -0.4 is 11.1 Å². The van der Waals surface area contributed by atoms with E-state index in [2.05, 4.69) is 24.1 Å². The molecule has 1 rings (SSSR count). The second-order valence-corrected chi connectivity index (χ2v) is 4.38. The second kappa shape index (κ2) is 6.71. The zero-order valence-electron chi connectivity index (χ0n) is 9.91. The van der Waals surface area contributed by atoms with Crippen LogP contribution in [0.3, 0.4) is 0 Å². The van der Waals surface area contributed by atoms with Crippen LogP contribution in [0.15, 0.2) is 18.5 Å². The summed E-state index contributed by atoms with van der Waals surface area (Å²) in [5.74, 6) is 0.563. The van der Waals surface area contributed by atoms with Crippen molar-refractivity contribution in [2.24, 2.45) is 11.7 Å². The maximum absolute atomic E-state index is 6.12. The molecule has 0 aliphatic carbocycles. The third-order valence-electron chi connectivity index (χ3n) is 2.95. The first-order valence-electron chi connectivity index (χ1n) is 5.78. The highest BCUT2D eigenvalue weighted by Gasteiger charge is 2.13. The van der Waals surface area contributed by atoms with Crippen LogP contribution in [0.5, 0.6) is 0 Å². The first-order valence-corrected chi connectivity index (χ1v) is 6.15. The van der Waals surface area contributed by atoms with Gasteiger partial charge in [0.05, 0.1) is 10.7 Å². The van der Waals surface area contributed by atoms with Crippen LogP contribution in [0.4, 0.5) is 5.69 Å². The van der Waals surface area contributed by atoms with Gasteiger partial charge in [-0.25, -0.2) is 0 Å². The predicted molar refractivity (Wildman–Crippen MR) is 69.8 cm³/mol. The number of pyridine rings is 1. The summed E-state index contributed by atoms with van der Waals surface area (Å²) >= 11 is 5.99. The molecule has 1 aromatic rings. The van der Waals surface area contributed by atoms with E-state index in [0.717, 1.165) is 25.1 Å². The molecule has 1 unspecified atom stereocenters. The summed E-state index contributed by atoms with van der Waals surface area (Å²) in [6.07, 6.45) is 5.58. The van der Waals surface area contributed by atoms with E-state index in [1.807, 2.05) is 6.07 Å². The van der Waals surface area contributed by atoms with Gasteiger partial charge in [-0.2, -0.15) is 0 Å². The molecule has 1 heterocycles. The third-order valence-corrected chi connectivity index (χ3v) is 3.26. The van der Waals surface area contributed by atoms with E-state index < -0.39 is 0 Å². The Kier molecular flexibility index (Phi) is 5.56. The maximum Gasteiger partial charge on any atom is 0.0820 e. The van der Waals surface area contributed by atoms with Gasteiger partial charge in [0.15, 0.2) is 0 Å². The van der Waals surface area contributed by atoms with Crippen LogP contribution in [0.25, 0.3) is 0 Å². The Hall–Kier alpha value is -0.800. The fourth-order valence-corrected chi connectivity index (χ4v) is 1.99. The monoisotopic (exact) mass is 241 g/mol. The molecular weight excluding hydrogens is 222 g/mol. The Balaban J connectivity index is 2.48. The summed E-state index contributed by atoms with van der Waals surface area (Å²) in [5.41, 5.74) is 7.02. The number of aromatic nitrogens is 1. The normalized spacial score (nSPS) is 12.8. The summed E-state index contributed by atoms with van der Waals surface area (Å²) in [4.78, 5) is 3.94. The van der Waals surface area contributed by atoms with Gasteiger partial charge in [0.1, 0.15) is 0 Å². The number of anilines is 1. The van der Waals surface area contributed by atoms with E-state index in [4.69, 9.17) is 17.3 Å². The lowest BCUT2D eigenvalue weighted by atomic mass is 9.95. The van der Waals surface area contributed by atoms with Crippen molar-refractivity contribution < 1.29 is 0 Å². The second-order valence-electron chi connectivity index (χ2n) is 3.98. The van der Waals surface area contributed by atoms with Gasteiger partial charge in [0.25, 0.3) is 0 Å². The van der Waals surface area contributed by atoms with Gasteiger partial charge in [0, 0.05) is 25.0 Å². The van der Waals surface area contributed by atoms with E-state index in [0.29, 0.717) is 10.9 Å². The van der Waals surface area contributed by atoms with Gasteiger partial charge in [-0.05, 0) is 12.0 Å². The van der Waals surface area contributed by atoms with Crippen molar-refractivity contribution in [1.82, 2.24) is 4.98 Å². The van der Waals surface area contributed by atoms with Crippen LogP contribution >= 0.6 is 11.6 Å². The molecule has 90 valence electrons. The zero-order chi connectivity index (χ0) is 12.0. The number of hydrogen-bond acceptors (Lipinski definition) is 3. The number of nitrogens with zero attached hydrogens (tertiary/aromatic N) is 1. The molecule has 3 nitrogen and oxygen atoms in total. The summed E-state index contributed by atoms with van der Waals surface area (Å²) in [5, 5.41) is 3.90. The van der Waals surface area contributed by atoms with Crippen LogP contribution in [0.1, 0.15) is 26.7 Å². The molecule has 4 heteroatoms. The van der Waals surface area contributed by atoms with Crippen molar-refractivity contribution in [3.8, 4) is 0 Å². The number of nitrogens with two attached hydrogens (primary N) is 1. The quantitative estimate of drug-likeness (QED) is 0.805. The molecule has 0 bridgehead atoms. The Morgan fingerprint density at radius 1 is 1.44 bits per heavy atom. The number of rotatable bonds is 6. The highest BCUT2D eigenvalue weighted by atomic mass is 35.5. The van der Waals surface area contributed by atoms with Crippen LogP contribution in [0.2, 0.25) is 5.02 Å². The Morgan fingerprint density at radius 2 is 2.12 bits per heavy atom. The average Bonchev–Trinajstić information content (AvgIpc) is 2.29. The molecule has 0 spiro atoms. The molecule has 0 fully saturated rings. The van der Waals surface area contributed by atoms with E-state index in [9.17, 15) is 0 Å². The van der Waals surface area contributed by atoms with Crippen molar-refractivity contribution in [2.45, 2.75) is 32.7 Å². The first-order chi connectivity index (χ1) is 7.69. The molecule has 1 aromatic heterocycles. The fourth-order valence-electron chi connectivity index (χ4n) is 1.81. The van der Waals surface area contributed by atoms with Crippen molar-refractivity contribution in [3.63, 3.8) is 0 Å². The highest BCUT2D eigenvalue weighted by Crippen LogP contribution is 2.19. The number of halogens is 1.